The molecule has 3 nitrogen and oxygen atoms in total. The second-order valence-electron chi connectivity index (χ2n) is 4.90. The lowest BCUT2D eigenvalue weighted by atomic mass is 9.93. The standard InChI is InChI=1S/C11H16ClN3/c1-8-4-13-10(14-5-8)15-6-9(12)11(2,3)7-15/h4-5,9H,6-7H2,1-3H3. The van der Waals surface area contributed by atoms with Crippen LogP contribution in [0.15, 0.2) is 12.4 Å². The Morgan fingerprint density at radius 2 is 2.00 bits per heavy atom. The third kappa shape index (κ3) is 2.07. The zero-order chi connectivity index (χ0) is 11.1. The molecule has 1 unspecified atom stereocenters. The number of halogens is 1. The predicted octanol–water partition coefficient (Wildman–Crippen LogP) is 2.24. The molecule has 1 aromatic rings. The summed E-state index contributed by atoms with van der Waals surface area (Å²) in [6.45, 7) is 8.10. The quantitative estimate of drug-likeness (QED) is 0.687. The van der Waals surface area contributed by atoms with Crippen molar-refractivity contribution in [1.29, 1.82) is 0 Å². The van der Waals surface area contributed by atoms with Crippen LogP contribution in [0.3, 0.4) is 0 Å². The molecule has 1 aliphatic heterocycles. The van der Waals surface area contributed by atoms with Crippen molar-refractivity contribution in [3.8, 4) is 0 Å². The molecule has 82 valence electrons. The first-order valence-corrected chi connectivity index (χ1v) is 5.60. The lowest BCUT2D eigenvalue weighted by Crippen LogP contribution is -2.24. The van der Waals surface area contributed by atoms with Crippen molar-refractivity contribution in [3.63, 3.8) is 0 Å². The number of anilines is 1. The zero-order valence-electron chi connectivity index (χ0n) is 9.37. The highest BCUT2D eigenvalue weighted by Gasteiger charge is 2.38. The van der Waals surface area contributed by atoms with E-state index in [1.165, 1.54) is 0 Å². The summed E-state index contributed by atoms with van der Waals surface area (Å²) < 4.78 is 0. The highest BCUT2D eigenvalue weighted by atomic mass is 35.5. The summed E-state index contributed by atoms with van der Waals surface area (Å²) in [5.74, 6) is 0.789. The number of rotatable bonds is 1. The lowest BCUT2D eigenvalue weighted by Gasteiger charge is -2.20. The summed E-state index contributed by atoms with van der Waals surface area (Å²) >= 11 is 6.28. The monoisotopic (exact) mass is 225 g/mol. The van der Waals surface area contributed by atoms with Gasteiger partial charge in [-0.15, -0.1) is 11.6 Å². The first-order valence-electron chi connectivity index (χ1n) is 5.17. The SMILES string of the molecule is Cc1cnc(N2CC(Cl)C(C)(C)C2)nc1. The fraction of sp³-hybridized carbons (Fsp3) is 0.636. The van der Waals surface area contributed by atoms with Crippen LogP contribution >= 0.6 is 11.6 Å². The molecule has 15 heavy (non-hydrogen) atoms. The molecule has 0 saturated carbocycles. The van der Waals surface area contributed by atoms with E-state index in [1.54, 1.807) is 0 Å². The minimum atomic E-state index is 0.135. The van der Waals surface area contributed by atoms with Crippen molar-refractivity contribution in [2.75, 3.05) is 18.0 Å². The van der Waals surface area contributed by atoms with Crippen LogP contribution in [0.4, 0.5) is 5.95 Å². The second kappa shape index (κ2) is 3.63. The van der Waals surface area contributed by atoms with E-state index in [4.69, 9.17) is 11.6 Å². The molecule has 0 radical (unpaired) electrons. The van der Waals surface area contributed by atoms with Crippen LogP contribution in [0.1, 0.15) is 19.4 Å². The molecule has 1 aliphatic rings. The predicted molar refractivity (Wildman–Crippen MR) is 62.4 cm³/mol. The van der Waals surface area contributed by atoms with Gasteiger partial charge < -0.3 is 4.90 Å². The van der Waals surface area contributed by atoms with Gasteiger partial charge in [0.15, 0.2) is 0 Å². The molecule has 2 rings (SSSR count). The molecular weight excluding hydrogens is 210 g/mol. The molecule has 4 heteroatoms. The van der Waals surface area contributed by atoms with E-state index in [0.717, 1.165) is 24.6 Å². The Kier molecular flexibility index (Phi) is 2.59. The van der Waals surface area contributed by atoms with Crippen LogP contribution in [0, 0.1) is 12.3 Å². The van der Waals surface area contributed by atoms with E-state index >= 15 is 0 Å². The minimum Gasteiger partial charge on any atom is -0.339 e. The summed E-state index contributed by atoms with van der Waals surface area (Å²) in [4.78, 5) is 10.8. The summed E-state index contributed by atoms with van der Waals surface area (Å²) in [6.07, 6.45) is 3.69. The smallest absolute Gasteiger partial charge is 0.225 e. The summed E-state index contributed by atoms with van der Waals surface area (Å²) in [6, 6.07) is 0. The fourth-order valence-corrected chi connectivity index (χ4v) is 2.03. The first-order chi connectivity index (χ1) is 6.99. The van der Waals surface area contributed by atoms with Gasteiger partial charge in [-0.3, -0.25) is 0 Å². The molecule has 0 N–H and O–H groups in total. The van der Waals surface area contributed by atoms with Gasteiger partial charge in [-0.2, -0.15) is 0 Å². The van der Waals surface area contributed by atoms with Gasteiger partial charge in [0.25, 0.3) is 0 Å². The maximum absolute atomic E-state index is 6.28. The first kappa shape index (κ1) is 10.7. The normalized spacial score (nSPS) is 24.5. The van der Waals surface area contributed by atoms with Gasteiger partial charge >= 0.3 is 0 Å². The second-order valence-corrected chi connectivity index (χ2v) is 5.42. The molecular formula is C11H16ClN3. The summed E-state index contributed by atoms with van der Waals surface area (Å²) in [5.41, 5.74) is 1.22. The van der Waals surface area contributed by atoms with Crippen LogP contribution in [0.25, 0.3) is 0 Å². The minimum absolute atomic E-state index is 0.135. The number of aromatic nitrogens is 2. The van der Waals surface area contributed by atoms with Crippen molar-refractivity contribution >= 4 is 17.5 Å². The highest BCUT2D eigenvalue weighted by Crippen LogP contribution is 2.34. The molecule has 1 saturated heterocycles. The summed E-state index contributed by atoms with van der Waals surface area (Å²) in [7, 11) is 0. The summed E-state index contributed by atoms with van der Waals surface area (Å²) in [5, 5.41) is 0.169. The van der Waals surface area contributed by atoms with Crippen molar-refractivity contribution in [3.05, 3.63) is 18.0 Å². The zero-order valence-corrected chi connectivity index (χ0v) is 10.1. The van der Waals surface area contributed by atoms with E-state index < -0.39 is 0 Å². The van der Waals surface area contributed by atoms with Gasteiger partial charge in [0, 0.05) is 30.9 Å². The maximum atomic E-state index is 6.28. The number of alkyl halides is 1. The largest absolute Gasteiger partial charge is 0.339 e. The molecule has 1 aromatic heterocycles. The molecule has 0 aromatic carbocycles. The fourth-order valence-electron chi connectivity index (χ4n) is 1.80. The van der Waals surface area contributed by atoms with Crippen molar-refractivity contribution in [1.82, 2.24) is 9.97 Å². The number of hydrogen-bond acceptors (Lipinski definition) is 3. The third-order valence-electron chi connectivity index (χ3n) is 2.88. The Morgan fingerprint density at radius 1 is 1.40 bits per heavy atom. The maximum Gasteiger partial charge on any atom is 0.225 e. The van der Waals surface area contributed by atoms with E-state index in [1.807, 2.05) is 19.3 Å². The van der Waals surface area contributed by atoms with Crippen LogP contribution < -0.4 is 4.90 Å². The van der Waals surface area contributed by atoms with E-state index in [9.17, 15) is 0 Å². The average molecular weight is 226 g/mol. The molecule has 1 fully saturated rings. The van der Waals surface area contributed by atoms with Crippen LogP contribution in [-0.2, 0) is 0 Å². The van der Waals surface area contributed by atoms with E-state index in [0.29, 0.717) is 0 Å². The van der Waals surface area contributed by atoms with E-state index in [-0.39, 0.29) is 10.8 Å². The van der Waals surface area contributed by atoms with Crippen molar-refractivity contribution < 1.29 is 0 Å². The van der Waals surface area contributed by atoms with Gasteiger partial charge in [0.1, 0.15) is 0 Å². The van der Waals surface area contributed by atoms with Gasteiger partial charge in [0.2, 0.25) is 5.95 Å². The van der Waals surface area contributed by atoms with Crippen LogP contribution in [0.2, 0.25) is 0 Å². The van der Waals surface area contributed by atoms with Crippen molar-refractivity contribution in [2.45, 2.75) is 26.1 Å². The Bertz CT molecular complexity index is 347. The van der Waals surface area contributed by atoms with Crippen LogP contribution in [0.5, 0.6) is 0 Å². The third-order valence-corrected chi connectivity index (χ3v) is 3.61. The number of nitrogens with zero attached hydrogens (tertiary/aromatic N) is 3. The topological polar surface area (TPSA) is 29.0 Å². The lowest BCUT2D eigenvalue weighted by molar-refractivity contribution is 0.424. The van der Waals surface area contributed by atoms with Gasteiger partial charge in [-0.1, -0.05) is 13.8 Å². The van der Waals surface area contributed by atoms with Crippen LogP contribution in [-0.4, -0.2) is 28.4 Å². The molecule has 0 spiro atoms. The van der Waals surface area contributed by atoms with Gasteiger partial charge in [-0.25, -0.2) is 9.97 Å². The molecule has 2 heterocycles. The Hall–Kier alpha value is -0.830. The molecule has 0 aliphatic carbocycles. The van der Waals surface area contributed by atoms with Crippen molar-refractivity contribution in [2.24, 2.45) is 5.41 Å². The average Bonchev–Trinajstić information content (AvgIpc) is 2.42. The highest BCUT2D eigenvalue weighted by molar-refractivity contribution is 6.21. The molecule has 1 atom stereocenters. The Morgan fingerprint density at radius 3 is 2.47 bits per heavy atom. The number of aryl methyl sites for hydroxylation is 1. The van der Waals surface area contributed by atoms with Gasteiger partial charge in [-0.05, 0) is 12.5 Å². The Labute approximate surface area is 95.5 Å². The Balaban J connectivity index is 2.17. The molecule has 0 bridgehead atoms. The number of hydrogen-bond donors (Lipinski definition) is 0. The van der Waals surface area contributed by atoms with E-state index in [2.05, 4.69) is 28.7 Å². The van der Waals surface area contributed by atoms with Gasteiger partial charge in [0.05, 0.1) is 5.38 Å². The molecule has 0 amide bonds.